The topological polar surface area (TPSA) is 81.2 Å². The lowest BCUT2D eigenvalue weighted by Crippen LogP contribution is -2.24. The van der Waals surface area contributed by atoms with Crippen LogP contribution in [-0.4, -0.2) is 17.4 Å². The molecule has 0 unspecified atom stereocenters. The highest BCUT2D eigenvalue weighted by Crippen LogP contribution is 2.41. The van der Waals surface area contributed by atoms with Crippen LogP contribution in [0.25, 0.3) is 21.7 Å². The first-order valence-corrected chi connectivity index (χ1v) is 8.33. The summed E-state index contributed by atoms with van der Waals surface area (Å²) in [6.07, 6.45) is -4.00. The van der Waals surface area contributed by atoms with Crippen LogP contribution in [-0.2, 0) is 6.18 Å². The summed E-state index contributed by atoms with van der Waals surface area (Å²) in [6.45, 7) is 2.20. The van der Waals surface area contributed by atoms with E-state index in [2.05, 4.69) is 10.3 Å². The molecule has 0 spiro atoms. The lowest BCUT2D eigenvalue weighted by Gasteiger charge is -2.09. The number of pyridine rings is 1. The SMILES string of the molecule is CCCNC(=O)c1oc2nc(-c3cccs3)cc(C(F)(F)F)c2c1N. The van der Waals surface area contributed by atoms with Gasteiger partial charge < -0.3 is 15.5 Å². The van der Waals surface area contributed by atoms with Crippen LogP contribution in [0.15, 0.2) is 28.0 Å². The van der Waals surface area contributed by atoms with Gasteiger partial charge in [0.25, 0.3) is 5.91 Å². The van der Waals surface area contributed by atoms with Gasteiger partial charge in [0.1, 0.15) is 0 Å². The summed E-state index contributed by atoms with van der Waals surface area (Å²) < 4.78 is 45.8. The van der Waals surface area contributed by atoms with Crippen LogP contribution in [0.2, 0.25) is 0 Å². The maximum Gasteiger partial charge on any atom is 0.417 e. The van der Waals surface area contributed by atoms with Crippen LogP contribution < -0.4 is 11.1 Å². The first-order chi connectivity index (χ1) is 11.8. The zero-order valence-corrected chi connectivity index (χ0v) is 13.9. The van der Waals surface area contributed by atoms with Crippen molar-refractivity contribution >= 4 is 34.0 Å². The van der Waals surface area contributed by atoms with Gasteiger partial charge in [-0.15, -0.1) is 11.3 Å². The summed E-state index contributed by atoms with van der Waals surface area (Å²) in [7, 11) is 0. The molecule has 25 heavy (non-hydrogen) atoms. The number of thiophene rings is 1. The third-order valence-electron chi connectivity index (χ3n) is 3.52. The molecular weight excluding hydrogens is 355 g/mol. The van der Waals surface area contributed by atoms with E-state index in [0.29, 0.717) is 17.8 Å². The fourth-order valence-corrected chi connectivity index (χ4v) is 3.07. The molecule has 3 aromatic rings. The van der Waals surface area contributed by atoms with Crippen LogP contribution in [0.3, 0.4) is 0 Å². The zero-order chi connectivity index (χ0) is 18.2. The molecule has 0 radical (unpaired) electrons. The average Bonchev–Trinajstić information content (AvgIpc) is 3.19. The number of carbonyl (C=O) groups is 1. The fraction of sp³-hybridized carbons (Fsp3) is 0.250. The number of fused-ring (bicyclic) bond motifs is 1. The number of furan rings is 1. The summed E-state index contributed by atoms with van der Waals surface area (Å²) in [5, 5.41) is 3.87. The van der Waals surface area contributed by atoms with Gasteiger partial charge in [0.2, 0.25) is 11.5 Å². The highest BCUT2D eigenvalue weighted by molar-refractivity contribution is 7.13. The van der Waals surface area contributed by atoms with Gasteiger partial charge in [-0.3, -0.25) is 4.79 Å². The second-order valence-corrected chi connectivity index (χ2v) is 6.26. The van der Waals surface area contributed by atoms with Gasteiger partial charge in [0, 0.05) is 6.54 Å². The number of nitrogens with one attached hydrogen (secondary N) is 1. The molecule has 0 saturated carbocycles. The lowest BCUT2D eigenvalue weighted by molar-refractivity contribution is -0.136. The first-order valence-electron chi connectivity index (χ1n) is 7.45. The van der Waals surface area contributed by atoms with Crippen molar-refractivity contribution < 1.29 is 22.4 Å². The van der Waals surface area contributed by atoms with Crippen LogP contribution in [0.4, 0.5) is 18.9 Å². The van der Waals surface area contributed by atoms with Crippen molar-refractivity contribution in [1.82, 2.24) is 10.3 Å². The zero-order valence-electron chi connectivity index (χ0n) is 13.1. The third-order valence-corrected chi connectivity index (χ3v) is 4.41. The normalized spacial score (nSPS) is 11.8. The van der Waals surface area contributed by atoms with Crippen LogP contribution in [0, 0.1) is 0 Å². The summed E-state index contributed by atoms with van der Waals surface area (Å²) in [6, 6.07) is 4.28. The number of nitrogens with zero attached hydrogens (tertiary/aromatic N) is 1. The van der Waals surface area contributed by atoms with Crippen molar-refractivity contribution in [2.24, 2.45) is 0 Å². The second kappa shape index (κ2) is 6.40. The van der Waals surface area contributed by atoms with Crippen LogP contribution in [0.1, 0.15) is 29.5 Å². The number of amides is 1. The summed E-state index contributed by atoms with van der Waals surface area (Å²) in [5.74, 6) is -1.02. The average molecular weight is 369 g/mol. The maximum atomic E-state index is 13.5. The highest BCUT2D eigenvalue weighted by Gasteiger charge is 2.37. The number of anilines is 1. The smallest absolute Gasteiger partial charge is 0.417 e. The predicted octanol–water partition coefficient (Wildman–Crippen LogP) is 4.30. The van der Waals surface area contributed by atoms with Crippen molar-refractivity contribution in [3.63, 3.8) is 0 Å². The van der Waals surface area contributed by atoms with Crippen molar-refractivity contribution in [1.29, 1.82) is 0 Å². The molecule has 0 saturated heterocycles. The van der Waals surface area contributed by atoms with E-state index in [1.165, 1.54) is 11.3 Å². The van der Waals surface area contributed by atoms with Crippen LogP contribution >= 0.6 is 11.3 Å². The van der Waals surface area contributed by atoms with Gasteiger partial charge in [-0.05, 0) is 23.9 Å². The number of hydrogen-bond acceptors (Lipinski definition) is 5. The Balaban J connectivity index is 2.22. The number of carbonyl (C=O) groups excluding carboxylic acids is 1. The van der Waals surface area contributed by atoms with E-state index >= 15 is 0 Å². The summed E-state index contributed by atoms with van der Waals surface area (Å²) in [5.41, 5.74) is 4.26. The standard InChI is InChI=1S/C16H14F3N3O2S/c1-2-5-21-14(23)13-12(20)11-8(16(17,18)19)7-9(22-15(11)24-13)10-4-3-6-25-10/h3-4,6-7H,2,5,20H2,1H3,(H,21,23). The minimum Gasteiger partial charge on any atom is -0.430 e. The monoisotopic (exact) mass is 369 g/mol. The Hall–Kier alpha value is -2.55. The minimum absolute atomic E-state index is 0.115. The number of alkyl halides is 3. The Morgan fingerprint density at radius 1 is 1.44 bits per heavy atom. The van der Waals surface area contributed by atoms with Gasteiger partial charge in [-0.1, -0.05) is 13.0 Å². The van der Waals surface area contributed by atoms with Crippen molar-refractivity contribution in [3.8, 4) is 10.6 Å². The molecule has 0 aliphatic rings. The number of halogens is 3. The van der Waals surface area contributed by atoms with E-state index in [9.17, 15) is 18.0 Å². The number of nitrogen functional groups attached to an aromatic ring is 1. The molecule has 0 aliphatic heterocycles. The molecule has 0 atom stereocenters. The molecule has 132 valence electrons. The molecule has 3 rings (SSSR count). The number of aromatic nitrogens is 1. The van der Waals surface area contributed by atoms with Gasteiger partial charge in [-0.25, -0.2) is 4.98 Å². The lowest BCUT2D eigenvalue weighted by atomic mass is 10.1. The molecule has 5 nitrogen and oxygen atoms in total. The molecule has 9 heteroatoms. The number of hydrogen-bond donors (Lipinski definition) is 2. The quantitative estimate of drug-likeness (QED) is 0.719. The van der Waals surface area contributed by atoms with E-state index in [1.54, 1.807) is 17.5 Å². The van der Waals surface area contributed by atoms with E-state index in [-0.39, 0.29) is 22.9 Å². The highest BCUT2D eigenvalue weighted by atomic mass is 32.1. The third kappa shape index (κ3) is 3.19. The minimum atomic E-state index is -4.66. The molecule has 3 heterocycles. The predicted molar refractivity (Wildman–Crippen MR) is 89.4 cm³/mol. The van der Waals surface area contributed by atoms with Gasteiger partial charge in [-0.2, -0.15) is 13.2 Å². The Morgan fingerprint density at radius 2 is 2.20 bits per heavy atom. The molecule has 0 bridgehead atoms. The van der Waals surface area contributed by atoms with Crippen molar-refractivity contribution in [2.75, 3.05) is 12.3 Å². The Kier molecular flexibility index (Phi) is 4.42. The molecule has 0 aliphatic carbocycles. The van der Waals surface area contributed by atoms with Gasteiger partial charge in [0.05, 0.1) is 27.2 Å². The fourth-order valence-electron chi connectivity index (χ4n) is 2.38. The van der Waals surface area contributed by atoms with E-state index in [1.807, 2.05) is 6.92 Å². The molecule has 0 aromatic carbocycles. The summed E-state index contributed by atoms with van der Waals surface area (Å²) >= 11 is 1.25. The largest absolute Gasteiger partial charge is 0.430 e. The number of rotatable bonds is 4. The van der Waals surface area contributed by atoms with Crippen LogP contribution in [0.5, 0.6) is 0 Å². The van der Waals surface area contributed by atoms with E-state index < -0.39 is 23.0 Å². The van der Waals surface area contributed by atoms with E-state index in [0.717, 1.165) is 6.07 Å². The van der Waals surface area contributed by atoms with Gasteiger partial charge >= 0.3 is 6.18 Å². The van der Waals surface area contributed by atoms with Crippen molar-refractivity contribution in [3.05, 3.63) is 34.9 Å². The molecule has 0 fully saturated rings. The molecular formula is C16H14F3N3O2S. The molecule has 3 aromatic heterocycles. The van der Waals surface area contributed by atoms with Gasteiger partial charge in [0.15, 0.2) is 0 Å². The van der Waals surface area contributed by atoms with E-state index in [4.69, 9.17) is 10.2 Å². The maximum absolute atomic E-state index is 13.5. The summed E-state index contributed by atoms with van der Waals surface area (Å²) in [4.78, 5) is 16.8. The molecule has 3 N–H and O–H groups in total. The Labute approximate surface area is 144 Å². The number of nitrogens with two attached hydrogens (primary N) is 1. The first kappa shape index (κ1) is 17.3. The second-order valence-electron chi connectivity index (χ2n) is 5.31. The Bertz CT molecular complexity index is 917. The van der Waals surface area contributed by atoms with Crippen molar-refractivity contribution in [2.45, 2.75) is 19.5 Å². The Morgan fingerprint density at radius 3 is 2.80 bits per heavy atom. The molecule has 1 amide bonds.